The molecule has 1 rings (SSSR count). The predicted molar refractivity (Wildman–Crippen MR) is 56.6 cm³/mol. The molecule has 0 unspecified atom stereocenters. The van der Waals surface area contributed by atoms with E-state index in [1.54, 1.807) is 0 Å². The van der Waals surface area contributed by atoms with Gasteiger partial charge in [0.2, 0.25) is 0 Å². The summed E-state index contributed by atoms with van der Waals surface area (Å²) >= 11 is 0. The largest absolute Gasteiger partial charge is 0.593 e. The number of rotatable bonds is 3. The highest BCUT2D eigenvalue weighted by molar-refractivity contribution is 7.89. The van der Waals surface area contributed by atoms with Crippen molar-refractivity contribution in [3.63, 3.8) is 0 Å². The van der Waals surface area contributed by atoms with Gasteiger partial charge in [-0.2, -0.15) is 8.42 Å². The van der Waals surface area contributed by atoms with E-state index >= 15 is 0 Å². The Labute approximate surface area is 103 Å². The Morgan fingerprint density at radius 1 is 1.22 bits per heavy atom. The van der Waals surface area contributed by atoms with Crippen LogP contribution in [0.15, 0.2) is 4.52 Å². The predicted octanol–water partition coefficient (Wildman–Crippen LogP) is -0.336. The highest BCUT2D eigenvalue weighted by Crippen LogP contribution is 2.26. The number of ether oxygens (including phenoxy) is 2. The molecule has 104 valence electrons. The Bertz CT molecular complexity index is 473. The van der Waals surface area contributed by atoms with Crippen molar-refractivity contribution in [1.82, 2.24) is 0 Å². The van der Waals surface area contributed by atoms with Gasteiger partial charge in [0.1, 0.15) is 9.44 Å². The van der Waals surface area contributed by atoms with Crippen molar-refractivity contribution < 1.29 is 27.7 Å². The lowest BCUT2D eigenvalue weighted by Gasteiger charge is -2.34. The maximum atomic E-state index is 11.6. The maximum Gasteiger partial charge on any atom is 0.484 e. The lowest BCUT2D eigenvalue weighted by Crippen LogP contribution is -2.60. The Kier molecular flexibility index (Phi) is 3.60. The number of sulfonamides is 1. The first-order valence-corrected chi connectivity index (χ1v) is 6.66. The molecule has 0 aromatic heterocycles. The van der Waals surface area contributed by atoms with Gasteiger partial charge in [-0.25, -0.2) is 0 Å². The second-order valence-corrected chi connectivity index (χ2v) is 5.93. The van der Waals surface area contributed by atoms with Crippen LogP contribution in [0.2, 0.25) is 0 Å². The molecule has 0 N–H and O–H groups in total. The lowest BCUT2D eigenvalue weighted by molar-refractivity contribution is -0.824. The molecule has 0 radical (unpaired) electrons. The van der Waals surface area contributed by atoms with Crippen LogP contribution in [0.4, 0.5) is 0 Å². The average molecular weight is 283 g/mol. The van der Waals surface area contributed by atoms with Gasteiger partial charge in [0.05, 0.1) is 6.26 Å². The summed E-state index contributed by atoms with van der Waals surface area (Å²) in [7, 11) is -4.05. The lowest BCUT2D eigenvalue weighted by atomic mass is 10.2. The summed E-state index contributed by atoms with van der Waals surface area (Å²) in [4.78, 5) is 9.51. The summed E-state index contributed by atoms with van der Waals surface area (Å²) in [6.45, 7) is 1.77. The molecule has 0 amide bonds. The van der Waals surface area contributed by atoms with E-state index in [1.165, 1.54) is 13.8 Å². The molecule has 0 aliphatic carbocycles. The second kappa shape index (κ2) is 4.40. The van der Waals surface area contributed by atoms with Crippen LogP contribution >= 0.6 is 0 Å². The van der Waals surface area contributed by atoms with Crippen LogP contribution in [0.1, 0.15) is 13.8 Å². The molecular formula is C7H13N3O7S. The van der Waals surface area contributed by atoms with E-state index in [9.17, 15) is 23.7 Å². The highest BCUT2D eigenvalue weighted by atomic mass is 32.2. The fourth-order valence-electron chi connectivity index (χ4n) is 1.16. The van der Waals surface area contributed by atoms with Gasteiger partial charge in [0.15, 0.2) is 19.0 Å². The standard InChI is InChI=1S/C7H13N3O7S/c1-6(2)16-4-7(5-17-6,10(12)13)9(11)8-18(3,14)15/h4-5H2,1-3H3/b9-8-. The number of hydrogen-bond donors (Lipinski definition) is 0. The summed E-state index contributed by atoms with van der Waals surface area (Å²) in [5.74, 6) is -1.08. The molecule has 0 bridgehead atoms. The minimum absolute atomic E-state index is 0.489. The van der Waals surface area contributed by atoms with E-state index in [2.05, 4.69) is 4.52 Å². The van der Waals surface area contributed by atoms with E-state index in [0.29, 0.717) is 6.26 Å². The zero-order valence-corrected chi connectivity index (χ0v) is 10.8. The van der Waals surface area contributed by atoms with Crippen LogP contribution in [-0.2, 0) is 19.5 Å². The summed E-state index contributed by atoms with van der Waals surface area (Å²) in [5, 5.41) is 22.5. The van der Waals surface area contributed by atoms with E-state index < -0.39 is 44.5 Å². The Hall–Kier alpha value is -1.33. The van der Waals surface area contributed by atoms with Crippen molar-refractivity contribution in [2.75, 3.05) is 19.5 Å². The number of nitrogens with zero attached hydrogens (tertiary/aromatic N) is 3. The zero-order chi connectivity index (χ0) is 14.2. The molecule has 18 heavy (non-hydrogen) atoms. The van der Waals surface area contributed by atoms with Crippen molar-refractivity contribution in [2.24, 2.45) is 4.52 Å². The van der Waals surface area contributed by atoms with Gasteiger partial charge in [0, 0.05) is 0 Å². The van der Waals surface area contributed by atoms with Gasteiger partial charge < -0.3 is 14.7 Å². The SMILES string of the molecule is CC1(C)OCC([N+](=O)[O-])(/[N+]([O-])=N/S(C)(=O)=O)CO1. The summed E-state index contributed by atoms with van der Waals surface area (Å²) in [5.41, 5.74) is -2.39. The third-order valence-electron chi connectivity index (χ3n) is 2.22. The maximum absolute atomic E-state index is 11.6. The molecule has 11 heteroatoms. The first kappa shape index (κ1) is 14.7. The van der Waals surface area contributed by atoms with Crippen molar-refractivity contribution in [3.05, 3.63) is 15.3 Å². The summed E-state index contributed by atoms with van der Waals surface area (Å²) < 4.78 is 34.5. The minimum Gasteiger partial charge on any atom is -0.593 e. The van der Waals surface area contributed by atoms with E-state index in [-0.39, 0.29) is 0 Å². The first-order valence-electron chi connectivity index (χ1n) is 4.81. The van der Waals surface area contributed by atoms with Crippen LogP contribution in [0, 0.1) is 15.3 Å². The molecule has 10 nitrogen and oxygen atoms in total. The second-order valence-electron chi connectivity index (χ2n) is 4.30. The topological polar surface area (TPSA) is 134 Å². The molecule has 0 aromatic carbocycles. The third kappa shape index (κ3) is 3.11. The highest BCUT2D eigenvalue weighted by Gasteiger charge is 2.60. The minimum atomic E-state index is -4.05. The van der Waals surface area contributed by atoms with Gasteiger partial charge >= 0.3 is 15.7 Å². The molecule has 1 heterocycles. The van der Waals surface area contributed by atoms with Crippen molar-refractivity contribution >= 4 is 10.0 Å². The number of hydrogen-bond acceptors (Lipinski definition) is 7. The average Bonchev–Trinajstić information content (AvgIpc) is 2.14. The monoisotopic (exact) mass is 283 g/mol. The fourth-order valence-corrected chi connectivity index (χ4v) is 1.58. The van der Waals surface area contributed by atoms with E-state index in [0.717, 1.165) is 0 Å². The molecule has 1 aliphatic heterocycles. The molecular weight excluding hydrogens is 270 g/mol. The van der Waals surface area contributed by atoms with Crippen LogP contribution in [0.25, 0.3) is 0 Å². The van der Waals surface area contributed by atoms with E-state index in [1.807, 2.05) is 0 Å². The molecule has 1 fully saturated rings. The number of hydroxylamine groups is 1. The smallest absolute Gasteiger partial charge is 0.484 e. The fraction of sp³-hybridized carbons (Fsp3) is 1.00. The molecule has 1 saturated heterocycles. The van der Waals surface area contributed by atoms with Crippen molar-refractivity contribution in [3.8, 4) is 0 Å². The van der Waals surface area contributed by atoms with Gasteiger partial charge in [-0.1, -0.05) is 0 Å². The number of nitro groups is 1. The Morgan fingerprint density at radius 2 is 1.67 bits per heavy atom. The molecule has 0 spiro atoms. The Morgan fingerprint density at radius 3 is 2.00 bits per heavy atom. The van der Waals surface area contributed by atoms with Crippen LogP contribution < -0.4 is 0 Å². The first-order chi connectivity index (χ1) is 7.99. The van der Waals surface area contributed by atoms with Gasteiger partial charge in [-0.3, -0.25) is 10.1 Å². The van der Waals surface area contributed by atoms with Gasteiger partial charge in [-0.05, 0) is 18.7 Å². The van der Waals surface area contributed by atoms with Crippen LogP contribution in [0.5, 0.6) is 0 Å². The molecule has 1 aliphatic rings. The van der Waals surface area contributed by atoms with Crippen LogP contribution in [0.3, 0.4) is 0 Å². The summed E-state index contributed by atoms with van der Waals surface area (Å²) in [6, 6.07) is 0. The van der Waals surface area contributed by atoms with Crippen LogP contribution in [-0.4, -0.2) is 49.1 Å². The normalized spacial score (nSPS) is 23.6. The van der Waals surface area contributed by atoms with Gasteiger partial charge in [0.25, 0.3) is 0 Å². The molecule has 0 saturated carbocycles. The quantitative estimate of drug-likeness (QED) is 0.227. The van der Waals surface area contributed by atoms with Crippen molar-refractivity contribution in [2.45, 2.75) is 25.3 Å². The zero-order valence-electron chi connectivity index (χ0n) is 10.0. The van der Waals surface area contributed by atoms with Crippen molar-refractivity contribution in [1.29, 1.82) is 0 Å². The Balaban J connectivity index is 3.12. The molecule has 0 aromatic rings. The summed E-state index contributed by atoms with van der Waals surface area (Å²) in [6.07, 6.45) is 0.653. The molecule has 0 atom stereocenters. The third-order valence-corrected chi connectivity index (χ3v) is 2.67. The van der Waals surface area contributed by atoms with Gasteiger partial charge in [-0.15, -0.1) is 0 Å². The van der Waals surface area contributed by atoms with E-state index in [4.69, 9.17) is 9.47 Å².